The van der Waals surface area contributed by atoms with E-state index in [1.807, 2.05) is 0 Å². The fourth-order valence-electron chi connectivity index (χ4n) is 3.41. The smallest absolute Gasteiger partial charge is 0.407 e. The van der Waals surface area contributed by atoms with E-state index in [-0.39, 0.29) is 17.6 Å². The number of pyridine rings is 1. The molecule has 2 rings (SSSR count). The highest BCUT2D eigenvalue weighted by Gasteiger charge is 2.37. The van der Waals surface area contributed by atoms with Gasteiger partial charge in [0.15, 0.2) is 0 Å². The fraction of sp³-hybridized carbons (Fsp3) is 0.571. The molecule has 176 valence electrons. The Balaban J connectivity index is 2.07. The number of nitrogens with zero attached hydrogens (tertiary/aromatic N) is 2. The zero-order valence-corrected chi connectivity index (χ0v) is 19.7. The number of amides is 4. The molecule has 1 aromatic rings. The lowest BCUT2D eigenvalue weighted by atomic mass is 9.81. The summed E-state index contributed by atoms with van der Waals surface area (Å²) in [6.07, 6.45) is 1.91. The Kier molecular flexibility index (Phi) is 8.43. The van der Waals surface area contributed by atoms with Crippen molar-refractivity contribution in [3.05, 3.63) is 23.4 Å². The number of anilines is 1. The summed E-state index contributed by atoms with van der Waals surface area (Å²) in [5, 5.41) is 8.19. The Morgan fingerprint density at radius 3 is 2.31 bits per heavy atom. The van der Waals surface area contributed by atoms with Gasteiger partial charge in [0.05, 0.1) is 11.1 Å². The summed E-state index contributed by atoms with van der Waals surface area (Å²) < 4.78 is 5.32. The molecule has 11 heteroatoms. The Labute approximate surface area is 192 Å². The van der Waals surface area contributed by atoms with Crippen LogP contribution in [0, 0.1) is 5.92 Å². The highest BCUT2D eigenvalue weighted by molar-refractivity contribution is 6.39. The van der Waals surface area contributed by atoms with Crippen LogP contribution in [0.5, 0.6) is 0 Å². The van der Waals surface area contributed by atoms with Gasteiger partial charge in [-0.1, -0.05) is 11.6 Å². The van der Waals surface area contributed by atoms with Crippen molar-refractivity contribution in [1.82, 2.24) is 20.5 Å². The molecule has 10 nitrogen and oxygen atoms in total. The second-order valence-electron chi connectivity index (χ2n) is 8.89. The molecule has 4 amide bonds. The number of carbonyl (C=O) groups excluding carboxylic acids is 4. The number of aromatic nitrogens is 1. The highest BCUT2D eigenvalue weighted by Crippen LogP contribution is 2.27. The summed E-state index contributed by atoms with van der Waals surface area (Å²) >= 11 is 5.76. The van der Waals surface area contributed by atoms with Crippen molar-refractivity contribution in [3.8, 4) is 0 Å². The Hall–Kier alpha value is -2.88. The molecule has 1 fully saturated rings. The lowest BCUT2D eigenvalue weighted by Gasteiger charge is -2.37. The molecular weight excluding hydrogens is 438 g/mol. The minimum absolute atomic E-state index is 0.0580. The zero-order chi connectivity index (χ0) is 24.1. The van der Waals surface area contributed by atoms with Crippen LogP contribution in [0.15, 0.2) is 18.3 Å². The van der Waals surface area contributed by atoms with E-state index in [0.29, 0.717) is 24.3 Å². The van der Waals surface area contributed by atoms with Crippen LogP contribution in [0.2, 0.25) is 5.02 Å². The average Bonchev–Trinajstić information content (AvgIpc) is 2.68. The summed E-state index contributed by atoms with van der Waals surface area (Å²) in [6, 6.07) is 1.87. The molecule has 3 unspecified atom stereocenters. The molecule has 0 spiro atoms. The molecule has 1 heterocycles. The van der Waals surface area contributed by atoms with Gasteiger partial charge in [0.25, 0.3) is 0 Å². The molecule has 1 saturated carbocycles. The first-order valence-corrected chi connectivity index (χ1v) is 10.7. The molecule has 0 saturated heterocycles. The molecule has 1 aromatic heterocycles. The second-order valence-corrected chi connectivity index (χ2v) is 9.33. The van der Waals surface area contributed by atoms with Crippen molar-refractivity contribution in [2.45, 2.75) is 57.7 Å². The predicted molar refractivity (Wildman–Crippen MR) is 119 cm³/mol. The summed E-state index contributed by atoms with van der Waals surface area (Å²) in [5.41, 5.74) is -0.707. The van der Waals surface area contributed by atoms with E-state index in [1.165, 1.54) is 23.2 Å². The van der Waals surface area contributed by atoms with Gasteiger partial charge in [0.1, 0.15) is 11.4 Å². The number of carbonyl (C=O) groups is 4. The van der Waals surface area contributed by atoms with Gasteiger partial charge in [-0.25, -0.2) is 9.78 Å². The fourth-order valence-corrected chi connectivity index (χ4v) is 3.52. The molecule has 0 bridgehead atoms. The number of hydrogen-bond acceptors (Lipinski definition) is 6. The van der Waals surface area contributed by atoms with Gasteiger partial charge >= 0.3 is 17.9 Å². The maximum Gasteiger partial charge on any atom is 0.407 e. The number of hydrogen-bond donors (Lipinski definition) is 3. The SMILES string of the molecule is CN(C)C(=O)C1CCC(NC(=O)C(=O)Nc2ccc(Cl)cn2)C(NC(=O)OC(C)(C)C)C1. The third kappa shape index (κ3) is 7.67. The third-order valence-corrected chi connectivity index (χ3v) is 5.06. The van der Waals surface area contributed by atoms with E-state index in [0.717, 1.165) is 0 Å². The maximum absolute atomic E-state index is 12.5. The molecule has 3 N–H and O–H groups in total. The van der Waals surface area contributed by atoms with E-state index in [4.69, 9.17) is 16.3 Å². The normalized spacial score (nSPS) is 20.6. The first-order chi connectivity index (χ1) is 14.9. The van der Waals surface area contributed by atoms with Crippen LogP contribution in [-0.2, 0) is 19.1 Å². The van der Waals surface area contributed by atoms with E-state index < -0.39 is 35.6 Å². The largest absolute Gasteiger partial charge is 0.444 e. The number of rotatable bonds is 4. The van der Waals surface area contributed by atoms with Gasteiger partial charge in [-0.2, -0.15) is 0 Å². The zero-order valence-electron chi connectivity index (χ0n) is 18.9. The Morgan fingerprint density at radius 2 is 1.75 bits per heavy atom. The monoisotopic (exact) mass is 467 g/mol. The van der Waals surface area contributed by atoms with Crippen LogP contribution in [0.4, 0.5) is 10.6 Å². The van der Waals surface area contributed by atoms with Gasteiger partial charge in [-0.05, 0) is 52.2 Å². The minimum Gasteiger partial charge on any atom is -0.444 e. The maximum atomic E-state index is 12.5. The van der Waals surface area contributed by atoms with Crippen molar-refractivity contribution < 1.29 is 23.9 Å². The first-order valence-electron chi connectivity index (χ1n) is 10.3. The molecule has 0 aliphatic heterocycles. The van der Waals surface area contributed by atoms with Gasteiger partial charge in [-0.3, -0.25) is 14.4 Å². The first kappa shape index (κ1) is 25.4. The summed E-state index contributed by atoms with van der Waals surface area (Å²) in [4.78, 5) is 54.9. The van der Waals surface area contributed by atoms with Crippen molar-refractivity contribution in [3.63, 3.8) is 0 Å². The summed E-state index contributed by atoms with van der Waals surface area (Å²) in [7, 11) is 3.34. The minimum atomic E-state index is -0.901. The third-order valence-electron chi connectivity index (χ3n) is 4.83. The van der Waals surface area contributed by atoms with Crippen LogP contribution >= 0.6 is 11.6 Å². The van der Waals surface area contributed by atoms with E-state index in [2.05, 4.69) is 20.9 Å². The van der Waals surface area contributed by atoms with Crippen LogP contribution in [-0.4, -0.2) is 65.5 Å². The number of nitrogens with one attached hydrogen (secondary N) is 3. The molecular formula is C21H30ClN5O5. The second kappa shape index (κ2) is 10.6. The lowest BCUT2D eigenvalue weighted by Crippen LogP contribution is -2.57. The van der Waals surface area contributed by atoms with Gasteiger partial charge in [0.2, 0.25) is 5.91 Å². The predicted octanol–water partition coefficient (Wildman–Crippen LogP) is 1.94. The highest BCUT2D eigenvalue weighted by atomic mass is 35.5. The standard InChI is InChI=1S/C21H30ClN5O5/c1-21(2,3)32-20(31)25-15-10-12(19(30)27(4)5)6-8-14(15)24-17(28)18(29)26-16-9-7-13(22)11-23-16/h7,9,11-12,14-15H,6,8,10H2,1-5H3,(H,24,28)(H,25,31)(H,23,26,29). The summed E-state index contributed by atoms with van der Waals surface area (Å²) in [5.74, 6) is -1.97. The molecule has 32 heavy (non-hydrogen) atoms. The molecule has 1 aliphatic rings. The number of ether oxygens (including phenoxy) is 1. The molecule has 3 atom stereocenters. The Morgan fingerprint density at radius 1 is 1.06 bits per heavy atom. The quantitative estimate of drug-likeness (QED) is 0.580. The van der Waals surface area contributed by atoms with E-state index in [9.17, 15) is 19.2 Å². The van der Waals surface area contributed by atoms with Crippen LogP contribution in [0.25, 0.3) is 0 Å². The van der Waals surface area contributed by atoms with Crippen LogP contribution in [0.1, 0.15) is 40.0 Å². The summed E-state index contributed by atoms with van der Waals surface area (Å²) in [6.45, 7) is 5.21. The van der Waals surface area contributed by atoms with Gasteiger partial charge < -0.3 is 25.6 Å². The van der Waals surface area contributed by atoms with Gasteiger partial charge in [-0.15, -0.1) is 0 Å². The average molecular weight is 468 g/mol. The molecule has 0 aromatic carbocycles. The van der Waals surface area contributed by atoms with E-state index in [1.54, 1.807) is 34.9 Å². The van der Waals surface area contributed by atoms with Crippen molar-refractivity contribution in [2.75, 3.05) is 19.4 Å². The Bertz CT molecular complexity index is 853. The van der Waals surface area contributed by atoms with Crippen LogP contribution in [0.3, 0.4) is 0 Å². The molecule has 1 aliphatic carbocycles. The van der Waals surface area contributed by atoms with Gasteiger partial charge in [0, 0.05) is 32.3 Å². The van der Waals surface area contributed by atoms with Crippen molar-refractivity contribution in [2.24, 2.45) is 5.92 Å². The number of alkyl carbamates (subject to hydrolysis) is 1. The topological polar surface area (TPSA) is 130 Å². The van der Waals surface area contributed by atoms with E-state index >= 15 is 0 Å². The van der Waals surface area contributed by atoms with Crippen molar-refractivity contribution >= 4 is 41.2 Å². The van der Waals surface area contributed by atoms with Crippen LogP contribution < -0.4 is 16.0 Å². The molecule has 0 radical (unpaired) electrons. The van der Waals surface area contributed by atoms with Crippen molar-refractivity contribution in [1.29, 1.82) is 0 Å². The lowest BCUT2D eigenvalue weighted by molar-refractivity contribution is -0.137. The number of halogens is 1.